The molecule has 0 bridgehead atoms. The number of hydrogen-bond donors (Lipinski definition) is 1. The van der Waals surface area contributed by atoms with Crippen molar-refractivity contribution in [1.29, 1.82) is 0 Å². The number of hydrogen-bond acceptors (Lipinski definition) is 5. The van der Waals surface area contributed by atoms with Gasteiger partial charge in [0, 0.05) is 12.8 Å². The Hall–Kier alpha value is -2.14. The van der Waals surface area contributed by atoms with Crippen LogP contribution in [0.15, 0.2) is 48.6 Å². The van der Waals surface area contributed by atoms with E-state index in [4.69, 9.17) is 9.47 Å². The molecule has 0 fully saturated rings. The van der Waals surface area contributed by atoms with Gasteiger partial charge < -0.3 is 14.6 Å². The Morgan fingerprint density at radius 2 is 0.615 bits per heavy atom. The minimum atomic E-state index is -0.773. The SMILES string of the molecule is CCCCCCC/C=C\C/C=C\C/C=C\CCCCCCCCCCCCCCCCCCCCCCCCC(=O)OC(CO)COC(=O)CCCCCCC/C=C\CCCCCCC. The van der Waals surface area contributed by atoms with Crippen molar-refractivity contribution in [3.05, 3.63) is 48.6 Å². The average molecular weight is 912 g/mol. The number of aliphatic hydroxyl groups is 1. The van der Waals surface area contributed by atoms with Gasteiger partial charge in [0.05, 0.1) is 6.61 Å². The molecule has 0 aliphatic carbocycles. The van der Waals surface area contributed by atoms with Crippen LogP contribution in [-0.4, -0.2) is 36.4 Å². The molecule has 0 aromatic rings. The zero-order chi connectivity index (χ0) is 47.0. The summed E-state index contributed by atoms with van der Waals surface area (Å²) in [6.07, 6.45) is 73.9. The molecule has 0 spiro atoms. The van der Waals surface area contributed by atoms with Gasteiger partial charge in [0.25, 0.3) is 0 Å². The third-order valence-corrected chi connectivity index (χ3v) is 12.8. The molecule has 0 aromatic heterocycles. The van der Waals surface area contributed by atoms with Gasteiger partial charge in [-0.15, -0.1) is 0 Å². The number of allylic oxidation sites excluding steroid dienone is 8. The molecular weight excluding hydrogens is 801 g/mol. The van der Waals surface area contributed by atoms with E-state index in [1.165, 1.54) is 218 Å². The fourth-order valence-electron chi connectivity index (χ4n) is 8.50. The summed E-state index contributed by atoms with van der Waals surface area (Å²) in [4.78, 5) is 24.4. The molecule has 1 atom stereocenters. The lowest BCUT2D eigenvalue weighted by Crippen LogP contribution is -2.28. The van der Waals surface area contributed by atoms with Crippen LogP contribution in [0, 0.1) is 0 Å². The molecule has 0 aromatic carbocycles. The van der Waals surface area contributed by atoms with Gasteiger partial charge in [-0.25, -0.2) is 0 Å². The van der Waals surface area contributed by atoms with Gasteiger partial charge in [-0.05, 0) is 77.0 Å². The first-order valence-corrected chi connectivity index (χ1v) is 28.7. The quantitative estimate of drug-likeness (QED) is 0.0374. The molecular formula is C60H110O5. The first-order chi connectivity index (χ1) is 32.1. The lowest BCUT2D eigenvalue weighted by Gasteiger charge is -2.15. The smallest absolute Gasteiger partial charge is 0.306 e. The molecule has 5 heteroatoms. The molecule has 0 aliphatic heterocycles. The van der Waals surface area contributed by atoms with Crippen molar-refractivity contribution in [1.82, 2.24) is 0 Å². The molecule has 0 radical (unpaired) electrons. The second-order valence-electron chi connectivity index (χ2n) is 19.4. The Morgan fingerprint density at radius 1 is 0.354 bits per heavy atom. The van der Waals surface area contributed by atoms with E-state index < -0.39 is 6.10 Å². The van der Waals surface area contributed by atoms with Crippen LogP contribution in [-0.2, 0) is 19.1 Å². The minimum Gasteiger partial charge on any atom is -0.462 e. The highest BCUT2D eigenvalue weighted by Gasteiger charge is 2.16. The van der Waals surface area contributed by atoms with E-state index >= 15 is 0 Å². The number of carbonyl (C=O) groups is 2. The van der Waals surface area contributed by atoms with E-state index in [2.05, 4.69) is 62.5 Å². The van der Waals surface area contributed by atoms with Crippen LogP contribution in [0.5, 0.6) is 0 Å². The van der Waals surface area contributed by atoms with Gasteiger partial charge in [-0.1, -0.05) is 262 Å². The van der Waals surface area contributed by atoms with Gasteiger partial charge in [-0.3, -0.25) is 9.59 Å². The third-order valence-electron chi connectivity index (χ3n) is 12.8. The van der Waals surface area contributed by atoms with Crippen LogP contribution in [0.25, 0.3) is 0 Å². The summed E-state index contributed by atoms with van der Waals surface area (Å²) in [7, 11) is 0. The number of unbranched alkanes of at least 4 members (excludes halogenated alkanes) is 37. The molecule has 1 unspecified atom stereocenters. The Morgan fingerprint density at radius 3 is 0.938 bits per heavy atom. The van der Waals surface area contributed by atoms with Crippen LogP contribution >= 0.6 is 0 Å². The fraction of sp³-hybridized carbons (Fsp3) is 0.833. The van der Waals surface area contributed by atoms with Crippen molar-refractivity contribution in [3.63, 3.8) is 0 Å². The van der Waals surface area contributed by atoms with Crippen LogP contribution in [0.3, 0.4) is 0 Å². The molecule has 0 amide bonds. The second kappa shape index (κ2) is 56.2. The standard InChI is InChI=1S/C60H110O5/c1-3-5-7-9-11-13-15-17-19-20-21-22-23-24-25-26-27-28-29-30-31-32-33-34-35-36-37-38-39-40-41-43-45-47-49-51-53-55-60(63)65-58(56-61)57-64-59(62)54-52-50-48-46-44-42-18-16-14-12-10-8-6-4-2/h15-18,20-21,23-24,58,61H,3-14,19,22,25-57H2,1-2H3/b17-15-,18-16-,21-20-,24-23-. The normalized spacial score (nSPS) is 12.5. The van der Waals surface area contributed by atoms with Crippen molar-refractivity contribution < 1.29 is 24.2 Å². The lowest BCUT2D eigenvalue weighted by molar-refractivity contribution is -0.161. The molecule has 1 N–H and O–H groups in total. The maximum absolute atomic E-state index is 12.3. The summed E-state index contributed by atoms with van der Waals surface area (Å²) >= 11 is 0. The average Bonchev–Trinajstić information content (AvgIpc) is 3.31. The molecule has 5 nitrogen and oxygen atoms in total. The van der Waals surface area contributed by atoms with Crippen LogP contribution in [0.2, 0.25) is 0 Å². The Balaban J connectivity index is 3.40. The topological polar surface area (TPSA) is 72.8 Å². The highest BCUT2D eigenvalue weighted by atomic mass is 16.6. The van der Waals surface area contributed by atoms with Gasteiger partial charge in [0.2, 0.25) is 0 Å². The Bertz CT molecular complexity index is 1080. The summed E-state index contributed by atoms with van der Waals surface area (Å²) < 4.78 is 10.7. The minimum absolute atomic E-state index is 0.0666. The first-order valence-electron chi connectivity index (χ1n) is 28.7. The molecule has 0 heterocycles. The van der Waals surface area contributed by atoms with Gasteiger partial charge in [0.15, 0.2) is 6.10 Å². The van der Waals surface area contributed by atoms with Crippen LogP contribution in [0.4, 0.5) is 0 Å². The van der Waals surface area contributed by atoms with E-state index in [-0.39, 0.29) is 25.2 Å². The summed E-state index contributed by atoms with van der Waals surface area (Å²) in [5, 5.41) is 9.62. The van der Waals surface area contributed by atoms with Crippen molar-refractivity contribution >= 4 is 11.9 Å². The summed E-state index contributed by atoms with van der Waals surface area (Å²) in [6.45, 7) is 4.14. The van der Waals surface area contributed by atoms with Gasteiger partial charge in [-0.2, -0.15) is 0 Å². The molecule has 0 saturated heterocycles. The highest BCUT2D eigenvalue weighted by molar-refractivity contribution is 5.70. The van der Waals surface area contributed by atoms with Crippen LogP contribution < -0.4 is 0 Å². The third kappa shape index (κ3) is 54.4. The zero-order valence-corrected chi connectivity index (χ0v) is 43.5. The molecule has 380 valence electrons. The number of rotatable bonds is 53. The number of aliphatic hydroxyl groups excluding tert-OH is 1. The molecule has 0 aliphatic rings. The van der Waals surface area contributed by atoms with Crippen molar-refractivity contribution in [2.45, 2.75) is 309 Å². The fourth-order valence-corrected chi connectivity index (χ4v) is 8.50. The first kappa shape index (κ1) is 62.9. The van der Waals surface area contributed by atoms with Crippen molar-refractivity contribution in [2.75, 3.05) is 13.2 Å². The van der Waals surface area contributed by atoms with E-state index in [0.717, 1.165) is 57.8 Å². The van der Waals surface area contributed by atoms with Gasteiger partial charge in [0.1, 0.15) is 6.61 Å². The van der Waals surface area contributed by atoms with E-state index in [9.17, 15) is 14.7 Å². The predicted molar refractivity (Wildman–Crippen MR) is 284 cm³/mol. The summed E-state index contributed by atoms with van der Waals surface area (Å²) in [6, 6.07) is 0. The zero-order valence-electron chi connectivity index (χ0n) is 43.5. The maximum Gasteiger partial charge on any atom is 0.306 e. The molecule has 65 heavy (non-hydrogen) atoms. The largest absolute Gasteiger partial charge is 0.462 e. The van der Waals surface area contributed by atoms with Crippen molar-refractivity contribution in [3.8, 4) is 0 Å². The van der Waals surface area contributed by atoms with Gasteiger partial charge >= 0.3 is 11.9 Å². The van der Waals surface area contributed by atoms with E-state index in [1.54, 1.807) is 0 Å². The second-order valence-corrected chi connectivity index (χ2v) is 19.4. The Labute approximate surface area is 405 Å². The van der Waals surface area contributed by atoms with E-state index in [0.29, 0.717) is 12.8 Å². The predicted octanol–water partition coefficient (Wildman–Crippen LogP) is 19.3. The summed E-state index contributed by atoms with van der Waals surface area (Å²) in [5.41, 5.74) is 0. The summed E-state index contributed by atoms with van der Waals surface area (Å²) in [5.74, 6) is -0.588. The number of ether oxygens (including phenoxy) is 2. The highest BCUT2D eigenvalue weighted by Crippen LogP contribution is 2.17. The van der Waals surface area contributed by atoms with E-state index in [1.807, 2.05) is 0 Å². The molecule has 0 rings (SSSR count). The number of esters is 2. The number of carbonyl (C=O) groups excluding carboxylic acids is 2. The monoisotopic (exact) mass is 911 g/mol. The van der Waals surface area contributed by atoms with Crippen molar-refractivity contribution in [2.24, 2.45) is 0 Å². The van der Waals surface area contributed by atoms with Crippen LogP contribution in [0.1, 0.15) is 303 Å². The Kier molecular flexibility index (Phi) is 54.3. The maximum atomic E-state index is 12.3. The lowest BCUT2D eigenvalue weighted by atomic mass is 10.0. The molecule has 0 saturated carbocycles.